The van der Waals surface area contributed by atoms with Crippen LogP contribution in [0.5, 0.6) is 11.5 Å². The molecule has 28 heavy (non-hydrogen) atoms. The van der Waals surface area contributed by atoms with Gasteiger partial charge in [-0.05, 0) is 23.8 Å². The second-order valence-corrected chi connectivity index (χ2v) is 6.79. The number of rotatable bonds is 5. The summed E-state index contributed by atoms with van der Waals surface area (Å²) in [5.74, 6) is 1.53. The van der Waals surface area contributed by atoms with E-state index >= 15 is 0 Å². The molecule has 0 unspecified atom stereocenters. The maximum Gasteiger partial charge on any atom is 0.252 e. The highest BCUT2D eigenvalue weighted by Gasteiger charge is 2.14. The summed E-state index contributed by atoms with van der Waals surface area (Å²) in [6.45, 7) is 0.00498. The third kappa shape index (κ3) is 3.89. The number of hydrogen-bond acceptors (Lipinski definition) is 4. The number of ether oxygens (including phenoxy) is 2. The highest BCUT2D eigenvalue weighted by Crippen LogP contribution is 2.28. The molecule has 0 fully saturated rings. The maximum absolute atomic E-state index is 14.2. The van der Waals surface area contributed by atoms with Gasteiger partial charge in [0.05, 0.1) is 37.4 Å². The Bertz CT molecular complexity index is 1160. The Hall–Kier alpha value is -3.18. The molecule has 144 valence electrons. The number of benzene rings is 2. The second-order valence-electron chi connectivity index (χ2n) is 5.78. The van der Waals surface area contributed by atoms with Crippen LogP contribution in [-0.2, 0) is 17.8 Å². The molecule has 0 aliphatic heterocycles. The summed E-state index contributed by atoms with van der Waals surface area (Å²) in [6, 6.07) is 7.06. The summed E-state index contributed by atoms with van der Waals surface area (Å²) in [5.41, 5.74) is 0.801. The third-order valence-corrected chi connectivity index (χ3v) is 4.99. The molecular formula is C20H16F2N2O3S. The van der Waals surface area contributed by atoms with Gasteiger partial charge in [0.1, 0.15) is 5.82 Å². The molecule has 3 rings (SSSR count). The van der Waals surface area contributed by atoms with Crippen LogP contribution < -0.4 is 14.3 Å². The Labute approximate surface area is 163 Å². The lowest BCUT2D eigenvalue weighted by molar-refractivity contribution is -0.117. The van der Waals surface area contributed by atoms with E-state index in [-0.39, 0.29) is 23.3 Å². The molecule has 0 radical (unpaired) electrons. The molecule has 8 heteroatoms. The SMILES string of the molecule is C#CCn1c(=NC(=O)Cc2ccc(OC)c(OC)c2)sc2cc(F)cc(F)c21. The van der Waals surface area contributed by atoms with Crippen molar-refractivity contribution in [2.24, 2.45) is 4.99 Å². The number of hydrogen-bond donors (Lipinski definition) is 0. The number of halogens is 2. The number of carbonyl (C=O) groups is 1. The number of fused-ring (bicyclic) bond motifs is 1. The number of terminal acetylenes is 1. The van der Waals surface area contributed by atoms with Crippen molar-refractivity contribution in [1.82, 2.24) is 4.57 Å². The third-order valence-electron chi connectivity index (χ3n) is 3.97. The van der Waals surface area contributed by atoms with Gasteiger partial charge in [-0.15, -0.1) is 6.42 Å². The molecule has 1 amide bonds. The number of aromatic nitrogens is 1. The Morgan fingerprint density at radius 2 is 1.96 bits per heavy atom. The summed E-state index contributed by atoms with van der Waals surface area (Å²) in [5, 5.41) is 0. The molecule has 2 aromatic carbocycles. The number of nitrogens with zero attached hydrogens (tertiary/aromatic N) is 2. The van der Waals surface area contributed by atoms with Gasteiger partial charge in [0.25, 0.3) is 5.91 Å². The first-order valence-corrected chi connectivity index (χ1v) is 8.98. The van der Waals surface area contributed by atoms with Gasteiger partial charge in [0, 0.05) is 6.07 Å². The molecule has 0 aliphatic carbocycles. The van der Waals surface area contributed by atoms with E-state index < -0.39 is 17.5 Å². The lowest BCUT2D eigenvalue weighted by Crippen LogP contribution is -2.17. The van der Waals surface area contributed by atoms with Gasteiger partial charge >= 0.3 is 0 Å². The zero-order valence-electron chi connectivity index (χ0n) is 15.2. The molecule has 0 atom stereocenters. The van der Waals surface area contributed by atoms with Crippen LogP contribution in [0.2, 0.25) is 0 Å². The predicted octanol–water partition coefficient (Wildman–Crippen LogP) is 3.30. The topological polar surface area (TPSA) is 52.8 Å². The average Bonchev–Trinajstić information content (AvgIpc) is 2.98. The van der Waals surface area contributed by atoms with Gasteiger partial charge in [-0.1, -0.05) is 23.3 Å². The summed E-state index contributed by atoms with van der Waals surface area (Å²) < 4.78 is 39.8. The van der Waals surface area contributed by atoms with Gasteiger partial charge in [-0.3, -0.25) is 4.79 Å². The smallest absolute Gasteiger partial charge is 0.252 e. The van der Waals surface area contributed by atoms with E-state index in [0.29, 0.717) is 21.8 Å². The van der Waals surface area contributed by atoms with Crippen molar-refractivity contribution >= 4 is 27.5 Å². The molecule has 0 saturated heterocycles. The van der Waals surface area contributed by atoms with Crippen LogP contribution in [0, 0.1) is 24.0 Å². The first kappa shape index (κ1) is 19.6. The number of amides is 1. The van der Waals surface area contributed by atoms with E-state index in [1.54, 1.807) is 18.2 Å². The van der Waals surface area contributed by atoms with Crippen molar-refractivity contribution in [3.8, 4) is 23.8 Å². The van der Waals surface area contributed by atoms with Crippen LogP contribution in [0.15, 0.2) is 35.3 Å². The Kier molecular flexibility index (Phi) is 5.76. The first-order valence-electron chi connectivity index (χ1n) is 8.17. The van der Waals surface area contributed by atoms with Crippen molar-refractivity contribution in [2.75, 3.05) is 14.2 Å². The molecule has 0 spiro atoms. The lowest BCUT2D eigenvalue weighted by Gasteiger charge is -2.08. The zero-order valence-corrected chi connectivity index (χ0v) is 16.0. The molecule has 1 aromatic heterocycles. The highest BCUT2D eigenvalue weighted by atomic mass is 32.1. The minimum atomic E-state index is -0.754. The van der Waals surface area contributed by atoms with Crippen molar-refractivity contribution in [1.29, 1.82) is 0 Å². The fourth-order valence-electron chi connectivity index (χ4n) is 2.76. The van der Waals surface area contributed by atoms with Crippen LogP contribution in [0.25, 0.3) is 10.2 Å². The fourth-order valence-corrected chi connectivity index (χ4v) is 3.85. The number of thiazole rings is 1. The van der Waals surface area contributed by atoms with Gasteiger partial charge in [0.2, 0.25) is 0 Å². The molecule has 5 nitrogen and oxygen atoms in total. The highest BCUT2D eigenvalue weighted by molar-refractivity contribution is 7.16. The molecular weight excluding hydrogens is 386 g/mol. The van der Waals surface area contributed by atoms with E-state index in [2.05, 4.69) is 10.9 Å². The maximum atomic E-state index is 14.2. The van der Waals surface area contributed by atoms with Crippen molar-refractivity contribution < 1.29 is 23.0 Å². The molecule has 0 bridgehead atoms. The largest absolute Gasteiger partial charge is 0.493 e. The normalized spacial score (nSPS) is 11.5. The fraction of sp³-hybridized carbons (Fsp3) is 0.200. The van der Waals surface area contributed by atoms with Gasteiger partial charge in [0.15, 0.2) is 22.1 Å². The van der Waals surface area contributed by atoms with Crippen molar-refractivity contribution in [3.05, 3.63) is 52.3 Å². The molecule has 1 heterocycles. The summed E-state index contributed by atoms with van der Waals surface area (Å²) >= 11 is 1.00. The minimum absolute atomic E-state index is 0.00148. The Morgan fingerprint density at radius 3 is 2.64 bits per heavy atom. The van der Waals surface area contributed by atoms with E-state index in [9.17, 15) is 13.6 Å². The number of methoxy groups -OCH3 is 2. The molecule has 0 saturated carbocycles. The lowest BCUT2D eigenvalue weighted by atomic mass is 10.1. The summed E-state index contributed by atoms with van der Waals surface area (Å²) in [6.07, 6.45) is 5.36. The standard InChI is InChI=1S/C20H16F2N2O3S/c1-4-7-24-19-14(22)10-13(21)11-17(19)28-20(24)23-18(25)9-12-5-6-15(26-2)16(8-12)27-3/h1,5-6,8,10-11H,7,9H2,2-3H3. The van der Waals surface area contributed by atoms with Crippen LogP contribution in [0.4, 0.5) is 8.78 Å². The van der Waals surface area contributed by atoms with Crippen LogP contribution in [0.3, 0.4) is 0 Å². The van der Waals surface area contributed by atoms with Crippen LogP contribution >= 0.6 is 11.3 Å². The number of carbonyl (C=O) groups excluding carboxylic acids is 1. The average molecular weight is 402 g/mol. The Morgan fingerprint density at radius 1 is 1.21 bits per heavy atom. The Balaban J connectivity index is 2.00. The van der Waals surface area contributed by atoms with Crippen LogP contribution in [-0.4, -0.2) is 24.7 Å². The van der Waals surface area contributed by atoms with E-state index in [1.165, 1.54) is 24.9 Å². The van der Waals surface area contributed by atoms with Crippen molar-refractivity contribution in [3.63, 3.8) is 0 Å². The van der Waals surface area contributed by atoms with Crippen molar-refractivity contribution in [2.45, 2.75) is 13.0 Å². The summed E-state index contributed by atoms with van der Waals surface area (Å²) in [4.78, 5) is 16.7. The molecule has 0 aliphatic rings. The zero-order chi connectivity index (χ0) is 20.3. The minimum Gasteiger partial charge on any atom is -0.493 e. The van der Waals surface area contributed by atoms with Gasteiger partial charge in [-0.25, -0.2) is 8.78 Å². The summed E-state index contributed by atoms with van der Waals surface area (Å²) in [7, 11) is 3.02. The van der Waals surface area contributed by atoms with Gasteiger partial charge < -0.3 is 14.0 Å². The van der Waals surface area contributed by atoms with E-state index in [4.69, 9.17) is 15.9 Å². The van der Waals surface area contributed by atoms with Crippen LogP contribution in [0.1, 0.15) is 5.56 Å². The van der Waals surface area contributed by atoms with E-state index in [1.807, 2.05) is 0 Å². The van der Waals surface area contributed by atoms with Gasteiger partial charge in [-0.2, -0.15) is 4.99 Å². The predicted molar refractivity (Wildman–Crippen MR) is 102 cm³/mol. The quantitative estimate of drug-likeness (QED) is 0.616. The van der Waals surface area contributed by atoms with E-state index in [0.717, 1.165) is 17.4 Å². The second kappa shape index (κ2) is 8.23. The first-order chi connectivity index (χ1) is 13.5. The molecule has 3 aromatic rings. The monoisotopic (exact) mass is 402 g/mol. The molecule has 0 N–H and O–H groups in total.